The van der Waals surface area contributed by atoms with Gasteiger partial charge in [0.2, 0.25) is 5.91 Å². The number of amides is 1. The van der Waals surface area contributed by atoms with Crippen LogP contribution in [0.3, 0.4) is 0 Å². The van der Waals surface area contributed by atoms with E-state index >= 15 is 0 Å². The molecule has 0 bridgehead atoms. The average molecular weight is 318 g/mol. The Balaban J connectivity index is 1.73. The Morgan fingerprint density at radius 2 is 1.91 bits per heavy atom. The minimum absolute atomic E-state index is 0.0215. The van der Waals surface area contributed by atoms with E-state index in [0.717, 1.165) is 18.7 Å². The summed E-state index contributed by atoms with van der Waals surface area (Å²) in [7, 11) is 0. The molecule has 5 heteroatoms. The Bertz CT molecular complexity index is 537. The number of para-hydroxylation sites is 1. The van der Waals surface area contributed by atoms with Crippen LogP contribution in [0.2, 0.25) is 0 Å². The summed E-state index contributed by atoms with van der Waals surface area (Å²) in [6, 6.07) is 10.3. The quantitative estimate of drug-likeness (QED) is 0.848. The van der Waals surface area contributed by atoms with Gasteiger partial charge in [-0.05, 0) is 39.3 Å². The Kier molecular flexibility index (Phi) is 5.64. The first-order chi connectivity index (χ1) is 10.8. The number of rotatable bonds is 5. The molecule has 0 spiro atoms. The third kappa shape index (κ3) is 5.93. The molecule has 1 aliphatic heterocycles. The zero-order valence-electron chi connectivity index (χ0n) is 14.2. The predicted octanol–water partition coefficient (Wildman–Crippen LogP) is 2.82. The fourth-order valence-electron chi connectivity index (χ4n) is 2.63. The number of hydrogen-bond acceptors (Lipinski definition) is 4. The van der Waals surface area contributed by atoms with Gasteiger partial charge in [-0.25, -0.2) is 0 Å². The molecule has 0 radical (unpaired) electrons. The summed E-state index contributed by atoms with van der Waals surface area (Å²) in [4.78, 5) is 25.7. The third-order valence-corrected chi connectivity index (χ3v) is 3.65. The molecule has 0 saturated carbocycles. The molecular weight excluding hydrogens is 292 g/mol. The van der Waals surface area contributed by atoms with Crippen LogP contribution in [0.5, 0.6) is 0 Å². The smallest absolute Gasteiger partial charge is 0.306 e. The number of nitrogens with one attached hydrogen (secondary N) is 1. The SMILES string of the molecule is CC(C)(C)OC(=O)CCC(=O)N1CCC(Nc2ccccc2)C1. The van der Waals surface area contributed by atoms with Crippen molar-refractivity contribution in [2.45, 2.75) is 51.7 Å². The summed E-state index contributed by atoms with van der Waals surface area (Å²) in [6.45, 7) is 6.90. The average Bonchev–Trinajstić information content (AvgIpc) is 2.92. The minimum Gasteiger partial charge on any atom is -0.460 e. The van der Waals surface area contributed by atoms with Gasteiger partial charge in [-0.3, -0.25) is 9.59 Å². The Morgan fingerprint density at radius 3 is 2.57 bits per heavy atom. The molecule has 1 aromatic rings. The molecular formula is C18H26N2O3. The van der Waals surface area contributed by atoms with E-state index in [2.05, 4.69) is 5.32 Å². The first kappa shape index (κ1) is 17.3. The standard InChI is InChI=1S/C18H26N2O3/c1-18(2,3)23-17(22)10-9-16(21)20-12-11-15(13-20)19-14-7-5-4-6-8-14/h4-8,15,19H,9-13H2,1-3H3. The molecule has 1 heterocycles. The number of anilines is 1. The topological polar surface area (TPSA) is 58.6 Å². The van der Waals surface area contributed by atoms with E-state index < -0.39 is 5.60 Å². The number of likely N-dealkylation sites (tertiary alicyclic amines) is 1. The summed E-state index contributed by atoms with van der Waals surface area (Å²) in [6.07, 6.45) is 1.28. The van der Waals surface area contributed by atoms with Crippen LogP contribution in [0.15, 0.2) is 30.3 Å². The lowest BCUT2D eigenvalue weighted by Gasteiger charge is -2.20. The van der Waals surface area contributed by atoms with E-state index in [9.17, 15) is 9.59 Å². The molecule has 0 aliphatic carbocycles. The molecule has 2 rings (SSSR count). The molecule has 1 aliphatic rings. The van der Waals surface area contributed by atoms with Crippen molar-refractivity contribution in [3.8, 4) is 0 Å². The number of carbonyl (C=O) groups is 2. The van der Waals surface area contributed by atoms with Crippen molar-refractivity contribution in [2.24, 2.45) is 0 Å². The maximum atomic E-state index is 12.2. The predicted molar refractivity (Wildman–Crippen MR) is 90.1 cm³/mol. The normalized spacial score (nSPS) is 17.9. The van der Waals surface area contributed by atoms with Crippen LogP contribution in [0.4, 0.5) is 5.69 Å². The molecule has 126 valence electrons. The van der Waals surface area contributed by atoms with E-state index in [-0.39, 0.29) is 30.8 Å². The molecule has 1 N–H and O–H groups in total. The molecule has 23 heavy (non-hydrogen) atoms. The molecule has 1 amide bonds. The van der Waals surface area contributed by atoms with Gasteiger partial charge < -0.3 is 15.0 Å². The second kappa shape index (κ2) is 7.49. The maximum Gasteiger partial charge on any atom is 0.306 e. The van der Waals surface area contributed by atoms with Crippen molar-refractivity contribution in [1.82, 2.24) is 4.90 Å². The van der Waals surface area contributed by atoms with Crippen LogP contribution >= 0.6 is 0 Å². The van der Waals surface area contributed by atoms with Gasteiger partial charge in [0.25, 0.3) is 0 Å². The highest BCUT2D eigenvalue weighted by Crippen LogP contribution is 2.17. The first-order valence-electron chi connectivity index (χ1n) is 8.15. The number of hydrogen-bond donors (Lipinski definition) is 1. The van der Waals surface area contributed by atoms with Gasteiger partial charge in [-0.2, -0.15) is 0 Å². The van der Waals surface area contributed by atoms with Crippen molar-refractivity contribution in [3.63, 3.8) is 0 Å². The van der Waals surface area contributed by atoms with E-state index in [4.69, 9.17) is 4.74 Å². The lowest BCUT2D eigenvalue weighted by atomic mass is 10.2. The van der Waals surface area contributed by atoms with Crippen LogP contribution in [-0.4, -0.2) is 41.5 Å². The van der Waals surface area contributed by atoms with Crippen LogP contribution in [0.1, 0.15) is 40.0 Å². The fourth-order valence-corrected chi connectivity index (χ4v) is 2.63. The number of nitrogens with zero attached hydrogens (tertiary/aromatic N) is 1. The molecule has 5 nitrogen and oxygen atoms in total. The minimum atomic E-state index is -0.502. The lowest BCUT2D eigenvalue weighted by molar-refractivity contribution is -0.156. The van der Waals surface area contributed by atoms with Crippen LogP contribution in [0, 0.1) is 0 Å². The Morgan fingerprint density at radius 1 is 1.22 bits per heavy atom. The van der Waals surface area contributed by atoms with Crippen LogP contribution in [-0.2, 0) is 14.3 Å². The highest BCUT2D eigenvalue weighted by Gasteiger charge is 2.26. The Labute approximate surface area is 138 Å². The van der Waals surface area contributed by atoms with Crippen molar-refractivity contribution in [1.29, 1.82) is 0 Å². The van der Waals surface area contributed by atoms with Gasteiger partial charge >= 0.3 is 5.97 Å². The second-order valence-corrected chi connectivity index (χ2v) is 6.92. The van der Waals surface area contributed by atoms with Gasteiger partial charge in [0.15, 0.2) is 0 Å². The number of benzene rings is 1. The van der Waals surface area contributed by atoms with Gasteiger partial charge in [-0.1, -0.05) is 18.2 Å². The van der Waals surface area contributed by atoms with Gasteiger partial charge in [0.05, 0.1) is 6.42 Å². The number of carbonyl (C=O) groups excluding carboxylic acids is 2. The van der Waals surface area contributed by atoms with Crippen molar-refractivity contribution in [2.75, 3.05) is 18.4 Å². The van der Waals surface area contributed by atoms with Crippen molar-refractivity contribution < 1.29 is 14.3 Å². The fraction of sp³-hybridized carbons (Fsp3) is 0.556. The lowest BCUT2D eigenvalue weighted by Crippen LogP contribution is -2.32. The first-order valence-corrected chi connectivity index (χ1v) is 8.15. The number of ether oxygens (including phenoxy) is 1. The van der Waals surface area contributed by atoms with Crippen LogP contribution in [0.25, 0.3) is 0 Å². The third-order valence-electron chi connectivity index (χ3n) is 3.65. The highest BCUT2D eigenvalue weighted by atomic mass is 16.6. The number of esters is 1. The highest BCUT2D eigenvalue weighted by molar-refractivity contribution is 5.81. The second-order valence-electron chi connectivity index (χ2n) is 6.92. The van der Waals surface area contributed by atoms with Gasteiger partial charge in [-0.15, -0.1) is 0 Å². The zero-order chi connectivity index (χ0) is 16.9. The summed E-state index contributed by atoms with van der Waals surface area (Å²) in [5.74, 6) is -0.294. The van der Waals surface area contributed by atoms with Gasteiger partial charge in [0.1, 0.15) is 5.60 Å². The summed E-state index contributed by atoms with van der Waals surface area (Å²) in [5.41, 5.74) is 0.568. The van der Waals surface area contributed by atoms with Gasteiger partial charge in [0, 0.05) is 31.2 Å². The summed E-state index contributed by atoms with van der Waals surface area (Å²) in [5, 5.41) is 3.44. The molecule has 0 aromatic heterocycles. The van der Waals surface area contributed by atoms with E-state index in [1.165, 1.54) is 0 Å². The molecule has 1 fully saturated rings. The monoisotopic (exact) mass is 318 g/mol. The molecule has 1 aromatic carbocycles. The summed E-state index contributed by atoms with van der Waals surface area (Å²) >= 11 is 0. The van der Waals surface area contributed by atoms with E-state index in [1.807, 2.05) is 56.0 Å². The van der Waals surface area contributed by atoms with Crippen LogP contribution < -0.4 is 5.32 Å². The maximum absolute atomic E-state index is 12.2. The molecule has 1 atom stereocenters. The van der Waals surface area contributed by atoms with E-state index in [1.54, 1.807) is 0 Å². The molecule has 1 saturated heterocycles. The zero-order valence-corrected chi connectivity index (χ0v) is 14.2. The van der Waals surface area contributed by atoms with Crippen molar-refractivity contribution in [3.05, 3.63) is 30.3 Å². The largest absolute Gasteiger partial charge is 0.460 e. The summed E-state index contributed by atoms with van der Waals surface area (Å²) < 4.78 is 5.23. The Hall–Kier alpha value is -2.04. The van der Waals surface area contributed by atoms with Crippen molar-refractivity contribution >= 4 is 17.6 Å². The molecule has 1 unspecified atom stereocenters. The van der Waals surface area contributed by atoms with E-state index in [0.29, 0.717) is 6.54 Å².